The molecule has 3 N–H and O–H groups in total. The Morgan fingerprint density at radius 3 is 2.69 bits per heavy atom. The lowest BCUT2D eigenvalue weighted by Gasteiger charge is -2.38. The first-order valence-electron chi connectivity index (χ1n) is 8.13. The van der Waals surface area contributed by atoms with E-state index in [0.29, 0.717) is 30.1 Å². The molecule has 1 amide bonds. The zero-order chi connectivity index (χ0) is 17.0. The largest absolute Gasteiger partial charge is 0.486 e. The Balaban J connectivity index is 0.00000169. The highest BCUT2D eigenvalue weighted by Crippen LogP contribution is 2.37. The molecule has 146 valence electrons. The van der Waals surface area contributed by atoms with Crippen LogP contribution >= 0.6 is 24.8 Å². The van der Waals surface area contributed by atoms with E-state index < -0.39 is 0 Å². The zero-order valence-electron chi connectivity index (χ0n) is 14.3. The monoisotopic (exact) mass is 407 g/mol. The van der Waals surface area contributed by atoms with Crippen LogP contribution < -0.4 is 20.7 Å². The number of anilines is 1. The molecule has 1 aromatic heterocycles. The maximum atomic E-state index is 12.5. The summed E-state index contributed by atoms with van der Waals surface area (Å²) in [5.41, 5.74) is 5.44. The number of nitrogens with zero attached hydrogens (tertiary/aromatic N) is 3. The van der Waals surface area contributed by atoms with Crippen molar-refractivity contribution in [2.75, 3.05) is 37.7 Å². The van der Waals surface area contributed by atoms with Gasteiger partial charge in [-0.1, -0.05) is 0 Å². The minimum atomic E-state index is -0.307. The van der Waals surface area contributed by atoms with E-state index in [1.165, 1.54) is 0 Å². The molecule has 0 saturated carbocycles. The maximum absolute atomic E-state index is 12.5. The standard InChI is InChI=1S/C16H22FN5O2.2ClH/c17-6-12(7-18)10-24-13-8-20-15(21-9-13)22-5-1-2-16(11-22)3-4-19-14(16)23;;/h6,8-9H,1-5,7,10-11,18H2,(H,19,23);2*1H/b12-6+;;. The van der Waals surface area contributed by atoms with Gasteiger partial charge in [0.2, 0.25) is 11.9 Å². The topological polar surface area (TPSA) is 93.4 Å². The molecule has 0 radical (unpaired) electrons. The minimum absolute atomic E-state index is 0. The first-order valence-corrected chi connectivity index (χ1v) is 8.13. The SMILES string of the molecule is Cl.Cl.NC/C(=C\F)COc1cnc(N2CCCC3(CCNC3=O)C2)nc1. The molecular weight excluding hydrogens is 384 g/mol. The van der Waals surface area contributed by atoms with E-state index in [-0.39, 0.29) is 49.3 Å². The summed E-state index contributed by atoms with van der Waals surface area (Å²) in [6.45, 7) is 2.39. The molecule has 1 aromatic rings. The van der Waals surface area contributed by atoms with Gasteiger partial charge < -0.3 is 20.7 Å². The summed E-state index contributed by atoms with van der Waals surface area (Å²) in [6.07, 6.45) is 6.29. The normalized spacial score (nSPS) is 22.5. The lowest BCUT2D eigenvalue weighted by Crippen LogP contribution is -2.47. The predicted octanol–water partition coefficient (Wildman–Crippen LogP) is 1.62. The predicted molar refractivity (Wildman–Crippen MR) is 102 cm³/mol. The molecule has 3 rings (SSSR count). The van der Waals surface area contributed by atoms with Gasteiger partial charge in [-0.3, -0.25) is 4.79 Å². The van der Waals surface area contributed by atoms with Crippen LogP contribution in [0.15, 0.2) is 24.3 Å². The first-order chi connectivity index (χ1) is 11.7. The lowest BCUT2D eigenvalue weighted by molar-refractivity contribution is -0.128. The van der Waals surface area contributed by atoms with E-state index in [1.54, 1.807) is 12.4 Å². The molecule has 1 spiro atoms. The van der Waals surface area contributed by atoms with Crippen LogP contribution in [0.4, 0.5) is 10.3 Å². The van der Waals surface area contributed by atoms with Gasteiger partial charge in [0.15, 0.2) is 5.75 Å². The highest BCUT2D eigenvalue weighted by Gasteiger charge is 2.45. The maximum Gasteiger partial charge on any atom is 0.228 e. The van der Waals surface area contributed by atoms with Crippen molar-refractivity contribution in [2.24, 2.45) is 11.1 Å². The Morgan fingerprint density at radius 2 is 2.12 bits per heavy atom. The van der Waals surface area contributed by atoms with Gasteiger partial charge in [0, 0.05) is 31.8 Å². The second-order valence-corrected chi connectivity index (χ2v) is 6.29. The molecule has 0 aromatic carbocycles. The summed E-state index contributed by atoms with van der Waals surface area (Å²) in [5, 5.41) is 2.93. The van der Waals surface area contributed by atoms with Crippen molar-refractivity contribution in [1.82, 2.24) is 15.3 Å². The van der Waals surface area contributed by atoms with Crippen LogP contribution in [-0.2, 0) is 4.79 Å². The van der Waals surface area contributed by atoms with E-state index in [0.717, 1.165) is 32.4 Å². The number of ether oxygens (including phenoxy) is 1. The highest BCUT2D eigenvalue weighted by atomic mass is 35.5. The van der Waals surface area contributed by atoms with Crippen LogP contribution in [0.2, 0.25) is 0 Å². The Bertz CT molecular complexity index is 632. The molecule has 2 fully saturated rings. The van der Waals surface area contributed by atoms with Crippen molar-refractivity contribution in [3.05, 3.63) is 24.3 Å². The quantitative estimate of drug-likeness (QED) is 0.769. The summed E-state index contributed by atoms with van der Waals surface area (Å²) in [4.78, 5) is 22.8. The summed E-state index contributed by atoms with van der Waals surface area (Å²) < 4.78 is 17.9. The fourth-order valence-electron chi connectivity index (χ4n) is 3.27. The van der Waals surface area contributed by atoms with Gasteiger partial charge in [0.25, 0.3) is 0 Å². The van der Waals surface area contributed by atoms with Crippen molar-refractivity contribution in [1.29, 1.82) is 0 Å². The number of halogens is 3. The van der Waals surface area contributed by atoms with Crippen molar-refractivity contribution in [3.8, 4) is 5.75 Å². The van der Waals surface area contributed by atoms with Crippen LogP contribution in [0.1, 0.15) is 19.3 Å². The number of amides is 1. The third kappa shape index (κ3) is 4.75. The molecule has 1 atom stereocenters. The molecular formula is C16H24Cl2FN5O2. The molecule has 10 heteroatoms. The number of rotatable bonds is 5. The molecule has 0 bridgehead atoms. The van der Waals surface area contributed by atoms with Crippen LogP contribution in [0.25, 0.3) is 0 Å². The Kier molecular flexibility index (Phi) is 8.52. The molecule has 7 nitrogen and oxygen atoms in total. The van der Waals surface area contributed by atoms with Gasteiger partial charge in [-0.05, 0) is 19.3 Å². The van der Waals surface area contributed by atoms with Crippen molar-refractivity contribution >= 4 is 36.7 Å². The number of piperidine rings is 1. The number of nitrogens with one attached hydrogen (secondary N) is 1. The fraction of sp³-hybridized carbons (Fsp3) is 0.562. The molecule has 0 aliphatic carbocycles. The molecule has 2 aliphatic rings. The molecule has 3 heterocycles. The number of carbonyl (C=O) groups excluding carboxylic acids is 1. The van der Waals surface area contributed by atoms with Crippen LogP contribution in [0.3, 0.4) is 0 Å². The smallest absolute Gasteiger partial charge is 0.228 e. The van der Waals surface area contributed by atoms with Gasteiger partial charge >= 0.3 is 0 Å². The Hall–Kier alpha value is -1.64. The van der Waals surface area contributed by atoms with E-state index in [4.69, 9.17) is 10.5 Å². The third-order valence-electron chi connectivity index (χ3n) is 4.69. The Morgan fingerprint density at radius 1 is 1.38 bits per heavy atom. The average Bonchev–Trinajstić information content (AvgIpc) is 2.96. The van der Waals surface area contributed by atoms with Crippen molar-refractivity contribution in [3.63, 3.8) is 0 Å². The van der Waals surface area contributed by atoms with Crippen LogP contribution in [0, 0.1) is 5.41 Å². The summed E-state index contributed by atoms with van der Waals surface area (Å²) in [7, 11) is 0. The number of aromatic nitrogens is 2. The van der Waals surface area contributed by atoms with E-state index in [9.17, 15) is 9.18 Å². The van der Waals surface area contributed by atoms with Gasteiger partial charge in [-0.25, -0.2) is 14.4 Å². The van der Waals surface area contributed by atoms with Crippen LogP contribution in [-0.4, -0.2) is 48.7 Å². The van der Waals surface area contributed by atoms with Crippen molar-refractivity contribution in [2.45, 2.75) is 19.3 Å². The van der Waals surface area contributed by atoms with Gasteiger partial charge in [0.1, 0.15) is 6.61 Å². The molecule has 2 saturated heterocycles. The summed E-state index contributed by atoms with van der Waals surface area (Å²) >= 11 is 0. The van der Waals surface area contributed by atoms with Gasteiger partial charge in [-0.2, -0.15) is 0 Å². The number of carbonyl (C=O) groups is 1. The van der Waals surface area contributed by atoms with Gasteiger partial charge in [-0.15, -0.1) is 24.8 Å². The molecule has 1 unspecified atom stereocenters. The van der Waals surface area contributed by atoms with Gasteiger partial charge in [0.05, 0.1) is 24.1 Å². The second kappa shape index (κ2) is 9.89. The van der Waals surface area contributed by atoms with E-state index in [1.807, 2.05) is 4.90 Å². The van der Waals surface area contributed by atoms with Crippen LogP contribution in [0.5, 0.6) is 5.75 Å². The summed E-state index contributed by atoms with van der Waals surface area (Å²) in [5.74, 6) is 1.18. The van der Waals surface area contributed by atoms with E-state index in [2.05, 4.69) is 15.3 Å². The molecule has 2 aliphatic heterocycles. The fourth-order valence-corrected chi connectivity index (χ4v) is 3.27. The third-order valence-corrected chi connectivity index (χ3v) is 4.69. The minimum Gasteiger partial charge on any atom is -0.486 e. The first kappa shape index (κ1) is 22.4. The number of nitrogens with two attached hydrogens (primary N) is 1. The van der Waals surface area contributed by atoms with E-state index >= 15 is 0 Å². The zero-order valence-corrected chi connectivity index (χ0v) is 16.0. The number of hydrogen-bond acceptors (Lipinski definition) is 6. The average molecular weight is 408 g/mol. The second-order valence-electron chi connectivity index (χ2n) is 6.29. The summed E-state index contributed by atoms with van der Waals surface area (Å²) in [6, 6.07) is 0. The Labute approximate surface area is 164 Å². The molecule has 26 heavy (non-hydrogen) atoms. The number of hydrogen-bond donors (Lipinski definition) is 2. The lowest BCUT2D eigenvalue weighted by atomic mass is 9.78. The van der Waals surface area contributed by atoms with Crippen molar-refractivity contribution < 1.29 is 13.9 Å². The highest BCUT2D eigenvalue weighted by molar-refractivity contribution is 5.86.